The molecule has 0 saturated carbocycles. The van der Waals surface area contributed by atoms with E-state index in [1.165, 1.54) is 0 Å². The van der Waals surface area contributed by atoms with Crippen molar-refractivity contribution in [2.45, 2.75) is 6.04 Å². The molecule has 1 aromatic carbocycles. The maximum Gasteiger partial charge on any atom is 0.334 e. The molecular formula is C12H10N2O4. The summed E-state index contributed by atoms with van der Waals surface area (Å²) in [5.41, 5.74) is 1.09. The lowest BCUT2D eigenvalue weighted by atomic mass is 10.2. The highest BCUT2D eigenvalue weighted by molar-refractivity contribution is 5.80. The largest absolute Gasteiger partial charge is 0.479 e. The zero-order valence-corrected chi connectivity index (χ0v) is 9.29. The second kappa shape index (κ2) is 5.21. The molecule has 0 spiro atoms. The number of rotatable bonds is 4. The topological polar surface area (TPSA) is 91.6 Å². The molecule has 0 fully saturated rings. The molecule has 1 aliphatic heterocycles. The normalized spacial score (nSPS) is 15.2. The lowest BCUT2D eigenvalue weighted by Crippen LogP contribution is -2.31. The van der Waals surface area contributed by atoms with Gasteiger partial charge in [-0.25, -0.2) is 4.79 Å². The van der Waals surface area contributed by atoms with Crippen LogP contribution < -0.4 is 5.32 Å². The summed E-state index contributed by atoms with van der Waals surface area (Å²) in [6, 6.07) is 7.43. The van der Waals surface area contributed by atoms with Gasteiger partial charge in [0.05, 0.1) is 11.6 Å². The molecule has 1 aliphatic rings. The van der Waals surface area contributed by atoms with Crippen molar-refractivity contribution in [2.24, 2.45) is 0 Å². The molecule has 0 aliphatic carbocycles. The molecule has 0 amide bonds. The van der Waals surface area contributed by atoms with Crippen LogP contribution in [0.15, 0.2) is 36.1 Å². The molecule has 1 atom stereocenters. The number of hydrogen-bond acceptors (Lipinski definition) is 5. The quantitative estimate of drug-likeness (QED) is 0.777. The standard InChI is InChI=1S/C12H10N2O4/c13-7-8-1-3-9(4-2-8)14-11(12(15)16)10-5-6-17-18-10/h1-5,11,14H,6H2,(H,15,16). The van der Waals surface area contributed by atoms with E-state index < -0.39 is 12.0 Å². The van der Waals surface area contributed by atoms with Gasteiger partial charge in [0, 0.05) is 5.69 Å². The lowest BCUT2D eigenvalue weighted by molar-refractivity contribution is -0.236. The van der Waals surface area contributed by atoms with Crippen LogP contribution in [0.5, 0.6) is 0 Å². The van der Waals surface area contributed by atoms with Gasteiger partial charge in [0.1, 0.15) is 6.61 Å². The van der Waals surface area contributed by atoms with Gasteiger partial charge in [-0.05, 0) is 30.3 Å². The fraction of sp³-hybridized carbons (Fsp3) is 0.167. The third kappa shape index (κ3) is 2.59. The Hall–Kier alpha value is -2.52. The average Bonchev–Trinajstić information content (AvgIpc) is 2.90. The Morgan fingerprint density at radius 2 is 2.17 bits per heavy atom. The van der Waals surface area contributed by atoms with Gasteiger partial charge in [0.15, 0.2) is 11.8 Å². The molecule has 92 valence electrons. The third-order valence-corrected chi connectivity index (χ3v) is 2.36. The summed E-state index contributed by atoms with van der Waals surface area (Å²) in [4.78, 5) is 20.5. The Balaban J connectivity index is 2.13. The van der Waals surface area contributed by atoms with Crippen molar-refractivity contribution >= 4 is 11.7 Å². The van der Waals surface area contributed by atoms with Crippen molar-refractivity contribution in [2.75, 3.05) is 11.9 Å². The SMILES string of the molecule is N#Cc1ccc(NC(C(=O)O)C2=CCOO2)cc1. The zero-order valence-electron chi connectivity index (χ0n) is 9.29. The van der Waals surface area contributed by atoms with Gasteiger partial charge in [-0.15, -0.1) is 0 Å². The molecule has 2 rings (SSSR count). The lowest BCUT2D eigenvalue weighted by Gasteiger charge is -2.15. The molecule has 1 unspecified atom stereocenters. The van der Waals surface area contributed by atoms with Crippen LogP contribution in [0.25, 0.3) is 0 Å². The predicted octanol–water partition coefficient (Wildman–Crippen LogP) is 1.27. The van der Waals surface area contributed by atoms with Gasteiger partial charge < -0.3 is 15.3 Å². The van der Waals surface area contributed by atoms with Gasteiger partial charge in [0.2, 0.25) is 0 Å². The van der Waals surface area contributed by atoms with E-state index in [4.69, 9.17) is 15.3 Å². The number of carboxylic acid groups (broad SMARTS) is 1. The Labute approximate surface area is 103 Å². The Morgan fingerprint density at radius 1 is 1.44 bits per heavy atom. The van der Waals surface area contributed by atoms with Crippen molar-refractivity contribution in [3.8, 4) is 6.07 Å². The number of anilines is 1. The van der Waals surface area contributed by atoms with Crippen LogP contribution in [0.1, 0.15) is 5.56 Å². The number of nitrogens with one attached hydrogen (secondary N) is 1. The number of aliphatic carboxylic acids is 1. The second-order valence-electron chi connectivity index (χ2n) is 3.58. The highest BCUT2D eigenvalue weighted by Gasteiger charge is 2.27. The summed E-state index contributed by atoms with van der Waals surface area (Å²) in [6.07, 6.45) is 1.55. The zero-order chi connectivity index (χ0) is 13.0. The number of hydrogen-bond donors (Lipinski definition) is 2. The number of benzene rings is 1. The second-order valence-corrected chi connectivity index (χ2v) is 3.58. The first-order valence-corrected chi connectivity index (χ1v) is 5.20. The van der Waals surface area contributed by atoms with E-state index in [0.717, 1.165) is 0 Å². The molecule has 0 bridgehead atoms. The summed E-state index contributed by atoms with van der Waals surface area (Å²) in [7, 11) is 0. The fourth-order valence-electron chi connectivity index (χ4n) is 1.48. The molecule has 0 saturated heterocycles. The maximum absolute atomic E-state index is 11.1. The highest BCUT2D eigenvalue weighted by atomic mass is 17.2. The van der Waals surface area contributed by atoms with E-state index in [1.807, 2.05) is 6.07 Å². The van der Waals surface area contributed by atoms with Crippen LogP contribution in [0.3, 0.4) is 0 Å². The van der Waals surface area contributed by atoms with Crippen LogP contribution in [-0.4, -0.2) is 23.7 Å². The van der Waals surface area contributed by atoms with Crippen LogP contribution >= 0.6 is 0 Å². The first-order valence-electron chi connectivity index (χ1n) is 5.20. The third-order valence-electron chi connectivity index (χ3n) is 2.36. The molecule has 6 heteroatoms. The molecule has 1 heterocycles. The molecule has 2 N–H and O–H groups in total. The number of carbonyl (C=O) groups is 1. The minimum atomic E-state index is -1.07. The molecular weight excluding hydrogens is 236 g/mol. The predicted molar refractivity (Wildman–Crippen MR) is 61.3 cm³/mol. The van der Waals surface area contributed by atoms with Gasteiger partial charge in [-0.3, -0.25) is 0 Å². The minimum Gasteiger partial charge on any atom is -0.479 e. The summed E-state index contributed by atoms with van der Waals surface area (Å²) in [5, 5.41) is 20.6. The monoisotopic (exact) mass is 246 g/mol. The number of nitriles is 1. The van der Waals surface area contributed by atoms with Crippen molar-refractivity contribution in [3.05, 3.63) is 41.7 Å². The van der Waals surface area contributed by atoms with Gasteiger partial charge >= 0.3 is 5.97 Å². The van der Waals surface area contributed by atoms with E-state index in [9.17, 15) is 4.79 Å². The number of nitrogens with zero attached hydrogens (tertiary/aromatic N) is 1. The van der Waals surface area contributed by atoms with Crippen molar-refractivity contribution in [3.63, 3.8) is 0 Å². The number of carboxylic acids is 1. The van der Waals surface area contributed by atoms with Crippen molar-refractivity contribution < 1.29 is 19.7 Å². The van der Waals surface area contributed by atoms with E-state index >= 15 is 0 Å². The van der Waals surface area contributed by atoms with Crippen molar-refractivity contribution in [1.29, 1.82) is 5.26 Å². The first kappa shape index (κ1) is 12.0. The van der Waals surface area contributed by atoms with E-state index in [2.05, 4.69) is 10.2 Å². The van der Waals surface area contributed by atoms with Gasteiger partial charge in [0.25, 0.3) is 0 Å². The van der Waals surface area contributed by atoms with Crippen molar-refractivity contribution in [1.82, 2.24) is 0 Å². The summed E-state index contributed by atoms with van der Waals surface area (Å²) in [6.45, 7) is 0.230. The maximum atomic E-state index is 11.1. The summed E-state index contributed by atoms with van der Waals surface area (Å²) < 4.78 is 0. The minimum absolute atomic E-state index is 0.215. The Bertz CT molecular complexity index is 516. The van der Waals surface area contributed by atoms with Crippen LogP contribution in [0.4, 0.5) is 5.69 Å². The van der Waals surface area contributed by atoms with Gasteiger partial charge in [-0.1, -0.05) is 0 Å². The highest BCUT2D eigenvalue weighted by Crippen LogP contribution is 2.17. The Morgan fingerprint density at radius 3 is 2.67 bits per heavy atom. The molecule has 18 heavy (non-hydrogen) atoms. The van der Waals surface area contributed by atoms with E-state index in [0.29, 0.717) is 11.3 Å². The summed E-state index contributed by atoms with van der Waals surface area (Å²) in [5.74, 6) is -0.858. The van der Waals surface area contributed by atoms with Gasteiger partial charge in [-0.2, -0.15) is 10.1 Å². The first-order chi connectivity index (χ1) is 8.70. The van der Waals surface area contributed by atoms with Crippen LogP contribution in [0.2, 0.25) is 0 Å². The van der Waals surface area contributed by atoms with Crippen LogP contribution in [0, 0.1) is 11.3 Å². The Kier molecular flexibility index (Phi) is 3.46. The fourth-order valence-corrected chi connectivity index (χ4v) is 1.48. The van der Waals surface area contributed by atoms with Crippen LogP contribution in [-0.2, 0) is 14.6 Å². The average molecular weight is 246 g/mol. The molecule has 1 aromatic rings. The molecule has 0 aromatic heterocycles. The molecule has 6 nitrogen and oxygen atoms in total. The molecule has 0 radical (unpaired) electrons. The summed E-state index contributed by atoms with van der Waals surface area (Å²) >= 11 is 0. The van der Waals surface area contributed by atoms with E-state index in [1.54, 1.807) is 30.3 Å². The van der Waals surface area contributed by atoms with E-state index in [-0.39, 0.29) is 12.4 Å². The smallest absolute Gasteiger partial charge is 0.334 e.